The largest absolute Gasteiger partial charge is 0.497 e. The molecule has 0 heterocycles. The van der Waals surface area contributed by atoms with E-state index in [-0.39, 0.29) is 6.04 Å². The molecule has 0 aliphatic rings. The Morgan fingerprint density at radius 2 is 1.76 bits per heavy atom. The van der Waals surface area contributed by atoms with E-state index in [0.717, 1.165) is 25.1 Å². The summed E-state index contributed by atoms with van der Waals surface area (Å²) in [7, 11) is 1.71. The summed E-state index contributed by atoms with van der Waals surface area (Å²) in [5.74, 6) is 0.904. The quantitative estimate of drug-likeness (QED) is 0.816. The summed E-state index contributed by atoms with van der Waals surface area (Å²) in [5, 5.41) is 3.64. The van der Waals surface area contributed by atoms with Crippen LogP contribution in [0.3, 0.4) is 0 Å². The first kappa shape index (κ1) is 15.6. The lowest BCUT2D eigenvalue weighted by Gasteiger charge is -2.20. The Labute approximate surface area is 128 Å². The monoisotopic (exact) mass is 283 g/mol. The van der Waals surface area contributed by atoms with Gasteiger partial charge >= 0.3 is 0 Å². The van der Waals surface area contributed by atoms with Crippen LogP contribution in [-0.4, -0.2) is 13.7 Å². The average molecular weight is 283 g/mol. The van der Waals surface area contributed by atoms with Crippen LogP contribution in [0.2, 0.25) is 0 Å². The van der Waals surface area contributed by atoms with Gasteiger partial charge in [0.2, 0.25) is 0 Å². The van der Waals surface area contributed by atoms with Gasteiger partial charge in [0.15, 0.2) is 0 Å². The molecule has 0 spiro atoms. The van der Waals surface area contributed by atoms with Crippen molar-refractivity contribution in [1.29, 1.82) is 0 Å². The van der Waals surface area contributed by atoms with Gasteiger partial charge in [0.05, 0.1) is 13.2 Å². The van der Waals surface area contributed by atoms with Crippen LogP contribution in [0.25, 0.3) is 0 Å². The van der Waals surface area contributed by atoms with E-state index in [0.29, 0.717) is 0 Å². The minimum atomic E-state index is 0.214. The van der Waals surface area contributed by atoms with E-state index in [1.54, 1.807) is 7.11 Å². The van der Waals surface area contributed by atoms with E-state index in [1.807, 2.05) is 6.07 Å². The summed E-state index contributed by atoms with van der Waals surface area (Å²) < 4.78 is 5.35. The number of methoxy groups -OCH3 is 1. The fourth-order valence-electron chi connectivity index (χ4n) is 2.48. The topological polar surface area (TPSA) is 21.3 Å². The number of benzene rings is 2. The number of nitrogens with one attached hydrogen (secondary N) is 1. The van der Waals surface area contributed by atoms with Gasteiger partial charge < -0.3 is 10.1 Å². The lowest BCUT2D eigenvalue weighted by Crippen LogP contribution is -2.23. The standard InChI is InChI=1S/C19H25NO/c1-4-13-20-19(16-11-9-15(5-2)10-12-16)17-7-6-8-18(14-17)21-3/h6-12,14,19-20H,4-5,13H2,1-3H3. The molecule has 2 rings (SSSR count). The van der Waals surface area contributed by atoms with E-state index in [9.17, 15) is 0 Å². The zero-order valence-corrected chi connectivity index (χ0v) is 13.2. The van der Waals surface area contributed by atoms with E-state index in [1.165, 1.54) is 16.7 Å². The van der Waals surface area contributed by atoms with Crippen LogP contribution in [0.4, 0.5) is 0 Å². The van der Waals surface area contributed by atoms with Crippen LogP contribution in [0, 0.1) is 0 Å². The highest BCUT2D eigenvalue weighted by atomic mass is 16.5. The van der Waals surface area contributed by atoms with E-state index >= 15 is 0 Å². The first-order valence-electron chi connectivity index (χ1n) is 7.74. The van der Waals surface area contributed by atoms with Gasteiger partial charge in [-0.15, -0.1) is 0 Å². The molecule has 0 aromatic heterocycles. The first-order valence-corrected chi connectivity index (χ1v) is 7.74. The van der Waals surface area contributed by atoms with Crippen LogP contribution in [-0.2, 0) is 6.42 Å². The molecule has 0 aliphatic heterocycles. The van der Waals surface area contributed by atoms with Crippen molar-refractivity contribution in [1.82, 2.24) is 5.32 Å². The van der Waals surface area contributed by atoms with Crippen LogP contribution in [0.5, 0.6) is 5.75 Å². The predicted octanol–water partition coefficient (Wildman–Crippen LogP) is 4.35. The third-order valence-electron chi connectivity index (χ3n) is 3.75. The Balaban J connectivity index is 2.31. The molecule has 2 heteroatoms. The molecule has 0 bridgehead atoms. The molecule has 1 unspecified atom stereocenters. The molecule has 112 valence electrons. The van der Waals surface area contributed by atoms with Crippen molar-refractivity contribution >= 4 is 0 Å². The molecule has 0 amide bonds. The summed E-state index contributed by atoms with van der Waals surface area (Å²) in [6, 6.07) is 17.4. The van der Waals surface area contributed by atoms with Gasteiger partial charge in [0.1, 0.15) is 5.75 Å². The molecule has 2 aromatic carbocycles. The van der Waals surface area contributed by atoms with Gasteiger partial charge in [-0.05, 0) is 48.2 Å². The smallest absolute Gasteiger partial charge is 0.119 e. The SMILES string of the molecule is CCCNC(c1ccc(CC)cc1)c1cccc(OC)c1. The number of aryl methyl sites for hydroxylation is 1. The highest BCUT2D eigenvalue weighted by Gasteiger charge is 2.13. The third kappa shape index (κ3) is 4.08. The van der Waals surface area contributed by atoms with Crippen molar-refractivity contribution in [2.75, 3.05) is 13.7 Å². The van der Waals surface area contributed by atoms with E-state index in [4.69, 9.17) is 4.74 Å². The normalized spacial score (nSPS) is 12.1. The second-order valence-electron chi connectivity index (χ2n) is 5.26. The van der Waals surface area contributed by atoms with Gasteiger partial charge in [-0.25, -0.2) is 0 Å². The zero-order valence-electron chi connectivity index (χ0n) is 13.2. The van der Waals surface area contributed by atoms with Gasteiger partial charge in [-0.1, -0.05) is 50.2 Å². The van der Waals surface area contributed by atoms with Crippen LogP contribution in [0.1, 0.15) is 43.0 Å². The van der Waals surface area contributed by atoms with Crippen molar-refractivity contribution < 1.29 is 4.74 Å². The molecular formula is C19H25NO. The molecule has 0 saturated heterocycles. The minimum Gasteiger partial charge on any atom is -0.497 e. The van der Waals surface area contributed by atoms with Crippen LogP contribution in [0.15, 0.2) is 48.5 Å². The second kappa shape index (κ2) is 7.84. The minimum absolute atomic E-state index is 0.214. The predicted molar refractivity (Wildman–Crippen MR) is 89.0 cm³/mol. The Morgan fingerprint density at radius 3 is 2.38 bits per heavy atom. The molecule has 1 atom stereocenters. The molecule has 21 heavy (non-hydrogen) atoms. The third-order valence-corrected chi connectivity index (χ3v) is 3.75. The Morgan fingerprint density at radius 1 is 1.00 bits per heavy atom. The number of hydrogen-bond acceptors (Lipinski definition) is 2. The molecule has 0 fully saturated rings. The Bertz CT molecular complexity index is 548. The van der Waals surface area contributed by atoms with Crippen molar-refractivity contribution in [3.05, 3.63) is 65.2 Å². The summed E-state index contributed by atoms with van der Waals surface area (Å²) in [6.07, 6.45) is 2.19. The molecule has 2 aromatic rings. The van der Waals surface area contributed by atoms with Crippen molar-refractivity contribution in [3.8, 4) is 5.75 Å². The maximum atomic E-state index is 5.35. The van der Waals surface area contributed by atoms with Crippen LogP contribution < -0.4 is 10.1 Å². The van der Waals surface area contributed by atoms with E-state index < -0.39 is 0 Å². The molecule has 1 N–H and O–H groups in total. The first-order chi connectivity index (χ1) is 10.3. The summed E-state index contributed by atoms with van der Waals surface area (Å²) in [5.41, 5.74) is 3.92. The number of ether oxygens (including phenoxy) is 1. The van der Waals surface area contributed by atoms with Gasteiger partial charge in [0, 0.05) is 0 Å². The second-order valence-corrected chi connectivity index (χ2v) is 5.26. The summed E-state index contributed by atoms with van der Waals surface area (Å²) in [6.45, 7) is 5.37. The molecule has 0 saturated carbocycles. The fraction of sp³-hybridized carbons (Fsp3) is 0.368. The van der Waals surface area contributed by atoms with Crippen molar-refractivity contribution in [2.24, 2.45) is 0 Å². The molecule has 2 nitrogen and oxygen atoms in total. The molecule has 0 aliphatic carbocycles. The average Bonchev–Trinajstić information content (AvgIpc) is 2.56. The number of hydrogen-bond donors (Lipinski definition) is 1. The molecular weight excluding hydrogens is 258 g/mol. The number of rotatable bonds is 7. The Hall–Kier alpha value is -1.80. The van der Waals surface area contributed by atoms with E-state index in [2.05, 4.69) is 61.6 Å². The van der Waals surface area contributed by atoms with Crippen molar-refractivity contribution in [2.45, 2.75) is 32.7 Å². The highest BCUT2D eigenvalue weighted by molar-refractivity contribution is 5.37. The highest BCUT2D eigenvalue weighted by Crippen LogP contribution is 2.25. The van der Waals surface area contributed by atoms with Gasteiger partial charge in [0.25, 0.3) is 0 Å². The lowest BCUT2D eigenvalue weighted by atomic mass is 9.97. The zero-order chi connectivity index (χ0) is 15.1. The summed E-state index contributed by atoms with van der Waals surface area (Å²) >= 11 is 0. The lowest BCUT2D eigenvalue weighted by molar-refractivity contribution is 0.413. The summed E-state index contributed by atoms with van der Waals surface area (Å²) in [4.78, 5) is 0. The Kier molecular flexibility index (Phi) is 5.82. The fourth-order valence-corrected chi connectivity index (χ4v) is 2.48. The maximum absolute atomic E-state index is 5.35. The van der Waals surface area contributed by atoms with Crippen LogP contribution >= 0.6 is 0 Å². The van der Waals surface area contributed by atoms with Gasteiger partial charge in [-0.2, -0.15) is 0 Å². The molecule has 0 radical (unpaired) electrons. The van der Waals surface area contributed by atoms with Crippen molar-refractivity contribution in [3.63, 3.8) is 0 Å². The van der Waals surface area contributed by atoms with Gasteiger partial charge in [-0.3, -0.25) is 0 Å². The maximum Gasteiger partial charge on any atom is 0.119 e.